The van der Waals surface area contributed by atoms with Crippen molar-refractivity contribution in [1.29, 1.82) is 0 Å². The number of guanidine groups is 1. The van der Waals surface area contributed by atoms with Crippen LogP contribution in [0.5, 0.6) is 0 Å². The predicted molar refractivity (Wildman–Crippen MR) is 192 cm³/mol. The number of Topliss-reactive ketones (excluding diaryl/α,β-unsaturated/α-hetero) is 3. The minimum Gasteiger partial charge on any atom is -0.396 e. The van der Waals surface area contributed by atoms with Gasteiger partial charge in [-0.3, -0.25) is 29.0 Å². The van der Waals surface area contributed by atoms with Gasteiger partial charge < -0.3 is 38.3 Å². The molecule has 0 bridgehead atoms. The van der Waals surface area contributed by atoms with E-state index in [2.05, 4.69) is 20.9 Å². The average molecular weight is 688 g/mol. The molecular weight excluding hydrogens is 626 g/mol. The van der Waals surface area contributed by atoms with Gasteiger partial charge in [0.25, 0.3) is 0 Å². The molecule has 276 valence electrons. The monoisotopic (exact) mass is 687 g/mol. The lowest BCUT2D eigenvalue weighted by molar-refractivity contribution is -0.136. The zero-order valence-corrected chi connectivity index (χ0v) is 30.1. The van der Waals surface area contributed by atoms with E-state index in [4.69, 9.17) is 17.2 Å². The standard InChI is InChI=1S/C36H61N7O6/c1-6-30(45)29(19-25-13-8-7-9-14-25)42-35(49)27(22-44)21-32(47)33(23(2)3)43-34(48)26(15-12-18-40-36(38)39)20-31(46)28(41-24(4)5)16-10-11-17-37/h7-9,13-14,23-24,26-29,33,41,44H,6,10-12,15-22,37H2,1-5H3,(H,42,49)(H,43,48)(H4,38,39,40)/t26-,27+,28+,29+,33+/m1/s1. The van der Waals surface area contributed by atoms with E-state index in [1.807, 2.05) is 44.2 Å². The summed E-state index contributed by atoms with van der Waals surface area (Å²) in [5.41, 5.74) is 17.4. The van der Waals surface area contributed by atoms with Gasteiger partial charge in [0.05, 0.1) is 30.7 Å². The average Bonchev–Trinajstić information content (AvgIpc) is 3.05. The van der Waals surface area contributed by atoms with Crippen LogP contribution in [0.15, 0.2) is 35.3 Å². The molecule has 1 aromatic carbocycles. The maximum Gasteiger partial charge on any atom is 0.226 e. The SMILES string of the molecule is CCC(=O)[C@H](Cc1ccccc1)NC(=O)[C@H](CO)CC(=O)[C@@H](NC(=O)[C@H](CCCN=C(N)N)CC(=O)[C@H](CCCCN)NC(C)C)C(C)C. The molecule has 0 heterocycles. The fraction of sp³-hybridized carbons (Fsp3) is 0.667. The molecule has 0 spiro atoms. The third-order valence-electron chi connectivity index (χ3n) is 8.38. The molecule has 0 saturated heterocycles. The van der Waals surface area contributed by atoms with Crippen molar-refractivity contribution in [3.63, 3.8) is 0 Å². The molecule has 49 heavy (non-hydrogen) atoms. The minimum absolute atomic E-state index is 0.0460. The number of ketones is 3. The van der Waals surface area contributed by atoms with Crippen molar-refractivity contribution in [3.05, 3.63) is 35.9 Å². The van der Waals surface area contributed by atoms with Crippen molar-refractivity contribution in [2.45, 2.75) is 117 Å². The largest absolute Gasteiger partial charge is 0.396 e. The number of hydrogen-bond donors (Lipinski definition) is 7. The molecule has 13 heteroatoms. The first-order chi connectivity index (χ1) is 23.2. The Morgan fingerprint density at radius 2 is 1.43 bits per heavy atom. The number of nitrogens with zero attached hydrogens (tertiary/aromatic N) is 1. The van der Waals surface area contributed by atoms with Gasteiger partial charge in [-0.25, -0.2) is 0 Å². The second-order valence-corrected chi connectivity index (χ2v) is 13.3. The highest BCUT2D eigenvalue weighted by atomic mass is 16.3. The van der Waals surface area contributed by atoms with Crippen LogP contribution in [0.3, 0.4) is 0 Å². The molecule has 0 aliphatic rings. The summed E-state index contributed by atoms with van der Waals surface area (Å²) < 4.78 is 0. The molecule has 0 radical (unpaired) electrons. The molecule has 1 aromatic rings. The summed E-state index contributed by atoms with van der Waals surface area (Å²) in [5.74, 6) is -4.09. The Morgan fingerprint density at radius 1 is 0.796 bits per heavy atom. The number of amides is 2. The van der Waals surface area contributed by atoms with Gasteiger partial charge in [-0.2, -0.15) is 0 Å². The summed E-state index contributed by atoms with van der Waals surface area (Å²) in [6.45, 7) is 9.32. The fourth-order valence-corrected chi connectivity index (χ4v) is 5.62. The fourth-order valence-electron chi connectivity index (χ4n) is 5.62. The van der Waals surface area contributed by atoms with Crippen LogP contribution in [0.1, 0.15) is 91.5 Å². The van der Waals surface area contributed by atoms with E-state index in [1.165, 1.54) is 0 Å². The molecule has 13 nitrogen and oxygen atoms in total. The lowest BCUT2D eigenvalue weighted by Gasteiger charge is -2.27. The molecule has 0 unspecified atom stereocenters. The maximum absolute atomic E-state index is 13.7. The number of aliphatic hydroxyl groups excluding tert-OH is 1. The Balaban J connectivity index is 3.12. The number of nitrogens with one attached hydrogen (secondary N) is 3. The van der Waals surface area contributed by atoms with Gasteiger partial charge in [0.1, 0.15) is 0 Å². The van der Waals surface area contributed by atoms with Crippen molar-refractivity contribution in [1.82, 2.24) is 16.0 Å². The molecule has 0 aromatic heterocycles. The quantitative estimate of drug-likeness (QED) is 0.0422. The predicted octanol–water partition coefficient (Wildman–Crippen LogP) is 1.53. The molecule has 0 aliphatic carbocycles. The summed E-state index contributed by atoms with van der Waals surface area (Å²) in [6, 6.07) is 7.07. The van der Waals surface area contributed by atoms with Gasteiger partial charge in [-0.15, -0.1) is 0 Å². The summed E-state index contributed by atoms with van der Waals surface area (Å²) in [5, 5.41) is 19.0. The van der Waals surface area contributed by atoms with Crippen LogP contribution in [0.4, 0.5) is 0 Å². The van der Waals surface area contributed by atoms with Crippen molar-refractivity contribution in [2.24, 2.45) is 39.9 Å². The van der Waals surface area contributed by atoms with E-state index in [0.29, 0.717) is 25.8 Å². The van der Waals surface area contributed by atoms with Crippen molar-refractivity contribution in [3.8, 4) is 0 Å². The topological polar surface area (TPSA) is 232 Å². The maximum atomic E-state index is 13.7. The zero-order chi connectivity index (χ0) is 36.9. The van der Waals surface area contributed by atoms with E-state index in [0.717, 1.165) is 18.4 Å². The molecule has 10 N–H and O–H groups in total. The van der Waals surface area contributed by atoms with Gasteiger partial charge >= 0.3 is 0 Å². The van der Waals surface area contributed by atoms with Crippen LogP contribution in [-0.2, 0) is 30.4 Å². The van der Waals surface area contributed by atoms with Crippen LogP contribution in [0.25, 0.3) is 0 Å². The second-order valence-electron chi connectivity index (χ2n) is 13.3. The second kappa shape index (κ2) is 23.6. The Hall–Kier alpha value is -3.68. The molecule has 0 fully saturated rings. The van der Waals surface area contributed by atoms with Crippen LogP contribution < -0.4 is 33.2 Å². The number of nitrogens with two attached hydrogens (primary N) is 3. The summed E-state index contributed by atoms with van der Waals surface area (Å²) in [7, 11) is 0. The molecular formula is C36H61N7O6. The van der Waals surface area contributed by atoms with Crippen molar-refractivity contribution < 1.29 is 29.1 Å². The van der Waals surface area contributed by atoms with Gasteiger partial charge in [0.2, 0.25) is 11.8 Å². The lowest BCUT2D eigenvalue weighted by atomic mass is 9.89. The summed E-state index contributed by atoms with van der Waals surface area (Å²) in [4.78, 5) is 70.8. The minimum atomic E-state index is -1.12. The number of carbonyl (C=O) groups is 5. The van der Waals surface area contributed by atoms with E-state index < -0.39 is 54.2 Å². The van der Waals surface area contributed by atoms with E-state index >= 15 is 0 Å². The number of benzene rings is 1. The Kier molecular flexibility index (Phi) is 20.9. The number of rotatable bonds is 26. The molecule has 5 atom stereocenters. The first kappa shape index (κ1) is 43.3. The van der Waals surface area contributed by atoms with Crippen LogP contribution in [0.2, 0.25) is 0 Å². The Morgan fingerprint density at radius 3 is 1.98 bits per heavy atom. The number of unbranched alkanes of at least 4 members (excludes halogenated alkanes) is 1. The number of hydrogen-bond acceptors (Lipinski definition) is 9. The third-order valence-corrected chi connectivity index (χ3v) is 8.38. The third kappa shape index (κ3) is 17.0. The van der Waals surface area contributed by atoms with Crippen molar-refractivity contribution in [2.75, 3.05) is 19.7 Å². The lowest BCUT2D eigenvalue weighted by Crippen LogP contribution is -2.50. The van der Waals surface area contributed by atoms with Crippen LogP contribution in [0, 0.1) is 17.8 Å². The first-order valence-corrected chi connectivity index (χ1v) is 17.6. The van der Waals surface area contributed by atoms with E-state index in [9.17, 15) is 29.1 Å². The Bertz CT molecular complexity index is 1200. The number of carbonyl (C=O) groups excluding carboxylic acids is 5. The Labute approximate surface area is 292 Å². The van der Waals surface area contributed by atoms with Crippen LogP contribution in [-0.4, -0.2) is 84.1 Å². The van der Waals surface area contributed by atoms with Crippen molar-refractivity contribution >= 4 is 35.1 Å². The molecule has 1 rings (SSSR count). The van der Waals surface area contributed by atoms with Gasteiger partial charge in [0.15, 0.2) is 23.3 Å². The van der Waals surface area contributed by atoms with Gasteiger partial charge in [-0.05, 0) is 50.1 Å². The molecule has 2 amide bonds. The normalized spacial score (nSPS) is 14.4. The summed E-state index contributed by atoms with van der Waals surface area (Å²) >= 11 is 0. The van der Waals surface area contributed by atoms with E-state index in [1.54, 1.807) is 20.8 Å². The highest BCUT2D eigenvalue weighted by molar-refractivity contribution is 5.96. The van der Waals surface area contributed by atoms with Crippen LogP contribution >= 0.6 is 0 Å². The highest BCUT2D eigenvalue weighted by Gasteiger charge is 2.33. The number of aliphatic hydroxyl groups is 1. The van der Waals surface area contributed by atoms with E-state index in [-0.39, 0.29) is 61.7 Å². The van der Waals surface area contributed by atoms with Gasteiger partial charge in [-0.1, -0.05) is 71.4 Å². The highest BCUT2D eigenvalue weighted by Crippen LogP contribution is 2.19. The summed E-state index contributed by atoms with van der Waals surface area (Å²) in [6.07, 6.45) is 2.96. The molecule has 0 aliphatic heterocycles. The smallest absolute Gasteiger partial charge is 0.226 e. The molecule has 0 saturated carbocycles. The zero-order valence-electron chi connectivity index (χ0n) is 30.1. The first-order valence-electron chi connectivity index (χ1n) is 17.6. The van der Waals surface area contributed by atoms with Gasteiger partial charge in [0, 0.05) is 37.8 Å². The number of aliphatic imine (C=N–C) groups is 1.